The molecule has 0 bridgehead atoms. The van der Waals surface area contributed by atoms with Gasteiger partial charge >= 0.3 is 5.97 Å². The summed E-state index contributed by atoms with van der Waals surface area (Å²) in [5.41, 5.74) is 0.837. The van der Waals surface area contributed by atoms with Gasteiger partial charge in [0.25, 0.3) is 0 Å². The second-order valence-corrected chi connectivity index (χ2v) is 14.6. The molecule has 0 amide bonds. The lowest BCUT2D eigenvalue weighted by atomic mass is 9.42. The molecule has 0 spiro atoms. The maximum atomic E-state index is 12.5. The van der Waals surface area contributed by atoms with Crippen molar-refractivity contribution in [2.24, 2.45) is 50.7 Å². The average Bonchev–Trinajstić information content (AvgIpc) is 2.91. The Morgan fingerprint density at radius 2 is 1.41 bits per heavy atom. The average molecular weight is 473 g/mol. The first kappa shape index (κ1) is 24.8. The maximum absolute atomic E-state index is 12.5. The minimum Gasteiger partial charge on any atom is -0.481 e. The van der Waals surface area contributed by atoms with E-state index >= 15 is 0 Å². The summed E-state index contributed by atoms with van der Waals surface area (Å²) in [6.45, 7) is 13.7. The first-order valence-electron chi connectivity index (χ1n) is 14.0. The molecule has 5 aliphatic rings. The van der Waals surface area contributed by atoms with E-state index in [0.29, 0.717) is 24.2 Å². The minimum atomic E-state index is -1.05. The smallest absolute Gasteiger partial charge is 0.312 e. The molecule has 34 heavy (non-hydrogen) atoms. The van der Waals surface area contributed by atoms with Gasteiger partial charge in [-0.2, -0.15) is 0 Å². The van der Waals surface area contributed by atoms with Gasteiger partial charge in [-0.05, 0) is 116 Å². The molecule has 4 heteroatoms. The lowest BCUT2D eigenvalue weighted by molar-refractivity contribution is -0.196. The number of hydrogen-bond acceptors (Lipinski definition) is 3. The Morgan fingerprint density at radius 1 is 0.765 bits per heavy atom. The van der Waals surface area contributed by atoms with E-state index in [9.17, 15) is 20.1 Å². The fourth-order valence-corrected chi connectivity index (χ4v) is 10.9. The van der Waals surface area contributed by atoms with Crippen LogP contribution >= 0.6 is 0 Å². The number of fused-ring (bicyclic) bond motifs is 6. The second kappa shape index (κ2) is 7.57. The van der Waals surface area contributed by atoms with Gasteiger partial charge in [0.15, 0.2) is 0 Å². The molecular weight excluding hydrogens is 424 g/mol. The van der Waals surface area contributed by atoms with Crippen molar-refractivity contribution in [1.82, 2.24) is 0 Å². The molecule has 4 fully saturated rings. The van der Waals surface area contributed by atoms with Gasteiger partial charge in [-0.25, -0.2) is 0 Å². The highest BCUT2D eigenvalue weighted by molar-refractivity contribution is 5.76. The van der Waals surface area contributed by atoms with Crippen molar-refractivity contribution in [1.29, 1.82) is 0 Å². The summed E-state index contributed by atoms with van der Waals surface area (Å²) in [6.07, 6.45) is 11.8. The lowest BCUT2D eigenvalue weighted by Crippen LogP contribution is -2.61. The van der Waals surface area contributed by atoms with Gasteiger partial charge in [-0.15, -0.1) is 0 Å². The van der Waals surface area contributed by atoms with Gasteiger partial charge in [-0.1, -0.05) is 46.3 Å². The van der Waals surface area contributed by atoms with Gasteiger partial charge in [0, 0.05) is 0 Å². The largest absolute Gasteiger partial charge is 0.481 e. The normalized spacial score (nSPS) is 54.4. The van der Waals surface area contributed by atoms with Crippen LogP contribution in [0.25, 0.3) is 0 Å². The van der Waals surface area contributed by atoms with E-state index in [1.807, 2.05) is 6.92 Å². The van der Waals surface area contributed by atoms with Crippen LogP contribution in [-0.4, -0.2) is 33.5 Å². The Balaban J connectivity index is 1.52. The topological polar surface area (TPSA) is 77.8 Å². The summed E-state index contributed by atoms with van der Waals surface area (Å²) >= 11 is 0. The van der Waals surface area contributed by atoms with Gasteiger partial charge in [0.05, 0.1) is 17.6 Å². The number of carbonyl (C=O) groups is 1. The second-order valence-electron chi connectivity index (χ2n) is 14.6. The number of carboxylic acids is 1. The molecule has 5 aliphatic carbocycles. The molecule has 3 N–H and O–H groups in total. The van der Waals surface area contributed by atoms with E-state index in [4.69, 9.17) is 0 Å². The van der Waals surface area contributed by atoms with Gasteiger partial charge in [0.1, 0.15) is 0 Å². The summed E-state index contributed by atoms with van der Waals surface area (Å²) in [5, 5.41) is 32.0. The van der Waals surface area contributed by atoms with Crippen molar-refractivity contribution in [2.45, 2.75) is 118 Å². The van der Waals surface area contributed by atoms with Crippen LogP contribution in [0.4, 0.5) is 0 Å². The van der Waals surface area contributed by atoms with E-state index in [1.165, 1.54) is 12.8 Å². The molecule has 0 radical (unpaired) electrons. The molecule has 0 unspecified atom stereocenters. The number of allylic oxidation sites excluding steroid dienone is 2. The summed E-state index contributed by atoms with van der Waals surface area (Å²) in [4.78, 5) is 12.5. The Hall–Kier alpha value is -0.870. The first-order valence-corrected chi connectivity index (χ1v) is 14.0. The lowest BCUT2D eigenvalue weighted by Gasteiger charge is -2.62. The van der Waals surface area contributed by atoms with Crippen LogP contribution in [0, 0.1) is 50.7 Å². The molecule has 192 valence electrons. The summed E-state index contributed by atoms with van der Waals surface area (Å²) in [6, 6.07) is 0. The van der Waals surface area contributed by atoms with E-state index in [0.717, 1.165) is 44.9 Å². The van der Waals surface area contributed by atoms with Crippen molar-refractivity contribution >= 4 is 5.97 Å². The number of hydrogen-bond donors (Lipinski definition) is 3. The van der Waals surface area contributed by atoms with E-state index in [2.05, 4.69) is 40.7 Å². The Morgan fingerprint density at radius 3 is 2.09 bits per heavy atom. The number of aliphatic hydroxyl groups is 2. The quantitative estimate of drug-likeness (QED) is 0.397. The number of aliphatic carboxylic acids is 1. The highest BCUT2D eigenvalue weighted by Crippen LogP contribution is 2.69. The fourth-order valence-electron chi connectivity index (χ4n) is 10.9. The summed E-state index contributed by atoms with van der Waals surface area (Å²) in [5.74, 6) is 0.764. The zero-order valence-electron chi connectivity index (χ0n) is 22.4. The van der Waals surface area contributed by atoms with Crippen LogP contribution < -0.4 is 0 Å². The first-order chi connectivity index (χ1) is 15.7. The Bertz CT molecular complexity index is 892. The van der Waals surface area contributed by atoms with Crippen molar-refractivity contribution in [2.75, 3.05) is 0 Å². The molecule has 0 aromatic rings. The van der Waals surface area contributed by atoms with Crippen molar-refractivity contribution in [3.63, 3.8) is 0 Å². The van der Waals surface area contributed by atoms with Crippen LogP contribution in [0.5, 0.6) is 0 Å². The zero-order chi connectivity index (χ0) is 24.9. The third-order valence-electron chi connectivity index (χ3n) is 12.9. The van der Waals surface area contributed by atoms with Crippen LogP contribution in [0.1, 0.15) is 106 Å². The van der Waals surface area contributed by atoms with Gasteiger partial charge in [-0.3, -0.25) is 4.79 Å². The van der Waals surface area contributed by atoms with E-state index < -0.39 is 17.5 Å². The van der Waals surface area contributed by atoms with Crippen LogP contribution in [0.2, 0.25) is 0 Å². The zero-order valence-corrected chi connectivity index (χ0v) is 22.4. The Labute approximate surface area is 206 Å². The summed E-state index contributed by atoms with van der Waals surface area (Å²) < 4.78 is 0. The maximum Gasteiger partial charge on any atom is 0.312 e. The monoisotopic (exact) mass is 472 g/mol. The van der Waals surface area contributed by atoms with E-state index in [1.54, 1.807) is 5.57 Å². The molecule has 10 atom stereocenters. The molecule has 0 saturated heterocycles. The predicted octanol–water partition coefficient (Wildman–Crippen LogP) is 6.20. The minimum absolute atomic E-state index is 0.0185. The van der Waals surface area contributed by atoms with Crippen LogP contribution in [0.15, 0.2) is 11.6 Å². The van der Waals surface area contributed by atoms with Crippen molar-refractivity contribution in [3.8, 4) is 0 Å². The third-order valence-corrected chi connectivity index (χ3v) is 12.9. The number of rotatable bonds is 1. The van der Waals surface area contributed by atoms with Crippen LogP contribution in [-0.2, 0) is 4.79 Å². The van der Waals surface area contributed by atoms with Gasteiger partial charge < -0.3 is 15.3 Å². The van der Waals surface area contributed by atoms with Crippen molar-refractivity contribution < 1.29 is 20.1 Å². The van der Waals surface area contributed by atoms with Crippen molar-refractivity contribution in [3.05, 3.63) is 11.6 Å². The molecule has 0 heterocycles. The number of carboxylic acid groups (broad SMARTS) is 1. The SMILES string of the molecule is CC1(C)[C@H](O)CC[C@]2(C)[C@H]3CC[C@@H]4[C@@]5(C)CC[C@@H](O)[C@](C)(C(=O)O)[C@@H]5CC[C@@]4(C)C=C3CC[C@@H]12. The standard InChI is InChI=1S/C30H48O4/c1-26(2)20-9-7-18-17-27(3)14-11-22-29(5,16-13-24(32)30(22,6)25(33)34)21(27)10-8-19(18)28(20,4)15-12-23(26)31/h17,19-24,31-32H,7-16H2,1-6H3,(H,33,34)/t19-,20-,21-,22+,23+,24+,27-,28+,29+,30+/m0/s1. The molecule has 5 rings (SSSR count). The highest BCUT2D eigenvalue weighted by atomic mass is 16.4. The Kier molecular flexibility index (Phi) is 5.52. The summed E-state index contributed by atoms with van der Waals surface area (Å²) in [7, 11) is 0. The third kappa shape index (κ3) is 3.06. The molecule has 0 aliphatic heterocycles. The van der Waals surface area contributed by atoms with Gasteiger partial charge in [0.2, 0.25) is 0 Å². The number of aliphatic hydroxyl groups excluding tert-OH is 2. The molecule has 4 nitrogen and oxygen atoms in total. The molecule has 4 saturated carbocycles. The highest BCUT2D eigenvalue weighted by Gasteiger charge is 2.65. The van der Waals surface area contributed by atoms with E-state index in [-0.39, 0.29) is 33.7 Å². The molecule has 0 aromatic heterocycles. The molecular formula is C30H48O4. The molecule has 0 aromatic carbocycles. The predicted molar refractivity (Wildman–Crippen MR) is 134 cm³/mol. The van der Waals surface area contributed by atoms with Crippen LogP contribution in [0.3, 0.4) is 0 Å². The fraction of sp³-hybridized carbons (Fsp3) is 0.900.